The Labute approximate surface area is 149 Å². The van der Waals surface area contributed by atoms with Gasteiger partial charge in [-0.15, -0.1) is 0 Å². The number of hydrogen-bond acceptors (Lipinski definition) is 4. The van der Waals surface area contributed by atoms with Gasteiger partial charge in [0.25, 0.3) is 0 Å². The van der Waals surface area contributed by atoms with Gasteiger partial charge in [0.1, 0.15) is 23.8 Å². The van der Waals surface area contributed by atoms with Gasteiger partial charge < -0.3 is 14.2 Å². The van der Waals surface area contributed by atoms with Crippen molar-refractivity contribution in [3.63, 3.8) is 0 Å². The Hall–Kier alpha value is -2.34. The van der Waals surface area contributed by atoms with Crippen LogP contribution in [0.2, 0.25) is 5.02 Å². The molecule has 0 aliphatic carbocycles. The Balaban J connectivity index is 1.61. The van der Waals surface area contributed by atoms with Crippen LogP contribution >= 0.6 is 11.6 Å². The second-order valence-electron chi connectivity index (χ2n) is 5.43. The molecule has 0 fully saturated rings. The Morgan fingerprint density at radius 3 is 2.68 bits per heavy atom. The monoisotopic (exact) mass is 367 g/mol. The van der Waals surface area contributed by atoms with Crippen LogP contribution in [0, 0.1) is 11.6 Å². The Bertz CT molecular complexity index is 778. The van der Waals surface area contributed by atoms with Crippen molar-refractivity contribution in [3.8, 4) is 11.5 Å². The molecule has 7 heteroatoms. The second-order valence-corrected chi connectivity index (χ2v) is 5.86. The first-order valence-corrected chi connectivity index (χ1v) is 8.07. The molecule has 2 aromatic rings. The maximum atomic E-state index is 13.8. The van der Waals surface area contributed by atoms with Crippen molar-refractivity contribution >= 4 is 17.5 Å². The van der Waals surface area contributed by atoms with E-state index in [0.717, 1.165) is 0 Å². The van der Waals surface area contributed by atoms with Crippen LogP contribution < -0.4 is 9.47 Å². The number of nitrogens with zero attached hydrogens (tertiary/aromatic N) is 1. The Morgan fingerprint density at radius 1 is 1.20 bits per heavy atom. The summed E-state index contributed by atoms with van der Waals surface area (Å²) >= 11 is 5.90. The number of hydrogen-bond donors (Lipinski definition) is 0. The molecule has 0 spiro atoms. The van der Waals surface area contributed by atoms with Crippen molar-refractivity contribution in [3.05, 3.63) is 58.6 Å². The van der Waals surface area contributed by atoms with Crippen molar-refractivity contribution in [1.29, 1.82) is 0 Å². The quantitative estimate of drug-likeness (QED) is 0.766. The summed E-state index contributed by atoms with van der Waals surface area (Å²) < 4.78 is 43.8. The normalized spacial score (nSPS) is 16.3. The van der Waals surface area contributed by atoms with Crippen LogP contribution in [0.25, 0.3) is 0 Å². The van der Waals surface area contributed by atoms with Gasteiger partial charge in [-0.25, -0.2) is 13.8 Å². The van der Waals surface area contributed by atoms with Crippen LogP contribution in [0.4, 0.5) is 8.78 Å². The highest BCUT2D eigenvalue weighted by atomic mass is 35.5. The SMILES string of the molecule is COc1cc(Cl)ccc1OCCC1COC(c2c(F)cccc2F)=N1. The fourth-order valence-electron chi connectivity index (χ4n) is 2.47. The molecule has 3 rings (SSSR count). The predicted molar refractivity (Wildman–Crippen MR) is 90.8 cm³/mol. The highest BCUT2D eigenvalue weighted by Gasteiger charge is 2.25. The molecule has 0 amide bonds. The van der Waals surface area contributed by atoms with Gasteiger partial charge in [-0.1, -0.05) is 17.7 Å². The largest absolute Gasteiger partial charge is 0.493 e. The number of aliphatic imine (C=N–C) groups is 1. The molecule has 0 bridgehead atoms. The van der Waals surface area contributed by atoms with Crippen molar-refractivity contribution in [2.24, 2.45) is 4.99 Å². The number of rotatable bonds is 6. The van der Waals surface area contributed by atoms with E-state index in [2.05, 4.69) is 4.99 Å². The summed E-state index contributed by atoms with van der Waals surface area (Å²) in [6.07, 6.45) is 0.533. The number of ether oxygens (including phenoxy) is 3. The lowest BCUT2D eigenvalue weighted by atomic mass is 10.2. The highest BCUT2D eigenvalue weighted by molar-refractivity contribution is 6.30. The molecule has 0 saturated carbocycles. The molecule has 2 aromatic carbocycles. The lowest BCUT2D eigenvalue weighted by molar-refractivity contribution is 0.256. The minimum absolute atomic E-state index is 0.00956. The van der Waals surface area contributed by atoms with Crippen LogP contribution in [-0.4, -0.2) is 32.3 Å². The molecule has 0 aromatic heterocycles. The smallest absolute Gasteiger partial charge is 0.222 e. The minimum Gasteiger partial charge on any atom is -0.493 e. The summed E-state index contributed by atoms with van der Waals surface area (Å²) in [5.74, 6) is -0.296. The summed E-state index contributed by atoms with van der Waals surface area (Å²) in [5.41, 5.74) is -0.231. The van der Waals surface area contributed by atoms with Gasteiger partial charge in [0.05, 0.1) is 19.8 Å². The van der Waals surface area contributed by atoms with E-state index in [1.807, 2.05) is 0 Å². The number of halogens is 3. The van der Waals surface area contributed by atoms with Gasteiger partial charge in [-0.05, 0) is 24.3 Å². The van der Waals surface area contributed by atoms with E-state index in [1.165, 1.54) is 25.3 Å². The molecule has 1 unspecified atom stereocenters. The summed E-state index contributed by atoms with van der Waals surface area (Å²) in [5, 5.41) is 0.551. The zero-order valence-electron chi connectivity index (χ0n) is 13.5. The van der Waals surface area contributed by atoms with E-state index in [-0.39, 0.29) is 24.1 Å². The van der Waals surface area contributed by atoms with Crippen molar-refractivity contribution in [1.82, 2.24) is 0 Å². The van der Waals surface area contributed by atoms with Crippen molar-refractivity contribution in [2.45, 2.75) is 12.5 Å². The van der Waals surface area contributed by atoms with Crippen LogP contribution in [0.1, 0.15) is 12.0 Å². The molecule has 1 aliphatic rings. The second kappa shape index (κ2) is 7.70. The third-order valence-corrected chi connectivity index (χ3v) is 3.96. The van der Waals surface area contributed by atoms with Gasteiger partial charge in [-0.2, -0.15) is 0 Å². The van der Waals surface area contributed by atoms with E-state index in [4.69, 9.17) is 25.8 Å². The molecule has 1 heterocycles. The molecule has 1 atom stereocenters. The molecule has 132 valence electrons. The molecule has 0 saturated heterocycles. The van der Waals surface area contributed by atoms with E-state index in [0.29, 0.717) is 29.5 Å². The summed E-state index contributed by atoms with van der Waals surface area (Å²) in [7, 11) is 1.53. The van der Waals surface area contributed by atoms with E-state index >= 15 is 0 Å². The maximum absolute atomic E-state index is 13.8. The molecular formula is C18H16ClF2NO3. The van der Waals surface area contributed by atoms with Gasteiger partial charge >= 0.3 is 0 Å². The fraction of sp³-hybridized carbons (Fsp3) is 0.278. The van der Waals surface area contributed by atoms with Crippen LogP contribution in [-0.2, 0) is 4.74 Å². The first-order chi connectivity index (χ1) is 12.1. The summed E-state index contributed by atoms with van der Waals surface area (Å²) in [6.45, 7) is 0.604. The lowest BCUT2D eigenvalue weighted by Crippen LogP contribution is -2.12. The predicted octanol–water partition coefficient (Wildman–Crippen LogP) is 4.24. The Morgan fingerprint density at radius 2 is 1.96 bits per heavy atom. The zero-order chi connectivity index (χ0) is 17.8. The van der Waals surface area contributed by atoms with Crippen molar-refractivity contribution < 1.29 is 23.0 Å². The first kappa shape index (κ1) is 17.5. The van der Waals surface area contributed by atoms with Gasteiger partial charge in [0.15, 0.2) is 11.5 Å². The van der Waals surface area contributed by atoms with E-state index in [1.54, 1.807) is 18.2 Å². The Kier molecular flexibility index (Phi) is 5.38. The molecule has 4 nitrogen and oxygen atoms in total. The molecule has 0 N–H and O–H groups in total. The van der Waals surface area contributed by atoms with Crippen LogP contribution in [0.3, 0.4) is 0 Å². The standard InChI is InChI=1S/C18H16ClF2NO3/c1-23-16-9-11(19)5-6-15(16)24-8-7-12-10-25-18(22-12)17-13(20)3-2-4-14(17)21/h2-6,9,12H,7-8,10H2,1H3. The fourth-order valence-corrected chi connectivity index (χ4v) is 2.63. The van der Waals surface area contributed by atoms with Gasteiger partial charge in [-0.3, -0.25) is 0 Å². The van der Waals surface area contributed by atoms with Crippen LogP contribution in [0.5, 0.6) is 11.5 Å². The molecular weight excluding hydrogens is 352 g/mol. The van der Waals surface area contributed by atoms with Gasteiger partial charge in [0.2, 0.25) is 5.90 Å². The average Bonchev–Trinajstić information content (AvgIpc) is 3.04. The van der Waals surface area contributed by atoms with E-state index in [9.17, 15) is 8.78 Å². The average molecular weight is 368 g/mol. The molecule has 25 heavy (non-hydrogen) atoms. The third-order valence-electron chi connectivity index (χ3n) is 3.72. The lowest BCUT2D eigenvalue weighted by Gasteiger charge is -2.11. The number of benzene rings is 2. The minimum atomic E-state index is -0.693. The van der Waals surface area contributed by atoms with Crippen molar-refractivity contribution in [2.75, 3.05) is 20.3 Å². The van der Waals surface area contributed by atoms with Gasteiger partial charge in [0, 0.05) is 17.5 Å². The number of methoxy groups -OCH3 is 1. The first-order valence-electron chi connectivity index (χ1n) is 7.70. The molecule has 0 radical (unpaired) electrons. The maximum Gasteiger partial charge on any atom is 0.222 e. The summed E-state index contributed by atoms with van der Waals surface area (Å²) in [4.78, 5) is 4.25. The molecule has 1 aliphatic heterocycles. The highest BCUT2D eigenvalue weighted by Crippen LogP contribution is 2.30. The summed E-state index contributed by atoms with van der Waals surface area (Å²) in [6, 6.07) is 8.50. The third kappa shape index (κ3) is 4.02. The van der Waals surface area contributed by atoms with Crippen LogP contribution in [0.15, 0.2) is 41.4 Å². The van der Waals surface area contributed by atoms with E-state index < -0.39 is 11.6 Å². The zero-order valence-corrected chi connectivity index (χ0v) is 14.2. The topological polar surface area (TPSA) is 40.0 Å².